The van der Waals surface area contributed by atoms with Crippen LogP contribution in [0.3, 0.4) is 0 Å². The smallest absolute Gasteiger partial charge is 0.250 e. The number of allylic oxidation sites excluding steroid dienone is 4. The van der Waals surface area contributed by atoms with Gasteiger partial charge in [0.25, 0.3) is 0 Å². The average molecular weight is 323 g/mol. The summed E-state index contributed by atoms with van der Waals surface area (Å²) in [7, 11) is -1.69. The van der Waals surface area contributed by atoms with Gasteiger partial charge in [0.1, 0.15) is 0 Å². The Bertz CT molecular complexity index is 421. The molecule has 3 unspecified atom stereocenters. The van der Waals surface area contributed by atoms with Crippen LogP contribution >= 0.6 is 0 Å². The highest BCUT2D eigenvalue weighted by Crippen LogP contribution is 2.44. The second-order valence-electron chi connectivity index (χ2n) is 8.99. The van der Waals surface area contributed by atoms with Crippen molar-refractivity contribution in [2.24, 2.45) is 17.8 Å². The van der Waals surface area contributed by atoms with Crippen molar-refractivity contribution in [3.63, 3.8) is 0 Å². The van der Waals surface area contributed by atoms with Crippen LogP contribution in [-0.2, 0) is 4.43 Å². The van der Waals surface area contributed by atoms with Gasteiger partial charge >= 0.3 is 0 Å². The summed E-state index contributed by atoms with van der Waals surface area (Å²) in [5.41, 5.74) is 1.44. The van der Waals surface area contributed by atoms with Crippen LogP contribution in [0, 0.1) is 17.8 Å². The van der Waals surface area contributed by atoms with E-state index in [1.165, 1.54) is 30.6 Å². The average Bonchev–Trinajstić information content (AvgIpc) is 2.68. The van der Waals surface area contributed by atoms with Crippen LogP contribution in [0.2, 0.25) is 18.1 Å². The maximum atomic E-state index is 6.59. The largest absolute Gasteiger partial charge is 0.547 e. The van der Waals surface area contributed by atoms with Gasteiger partial charge in [0.05, 0.1) is 5.76 Å². The van der Waals surface area contributed by atoms with Gasteiger partial charge in [-0.1, -0.05) is 46.3 Å². The molecule has 2 heteroatoms. The molecular weight excluding hydrogens is 284 g/mol. The zero-order valence-electron chi connectivity index (χ0n) is 16.4. The molecule has 1 nitrogen and oxygen atoms in total. The monoisotopic (exact) mass is 322 g/mol. The summed E-state index contributed by atoms with van der Waals surface area (Å²) in [6, 6.07) is 0. The van der Waals surface area contributed by atoms with Crippen molar-refractivity contribution >= 4 is 8.32 Å². The number of hydrogen-bond acceptors (Lipinski definition) is 1. The van der Waals surface area contributed by atoms with Crippen LogP contribution in [-0.4, -0.2) is 8.32 Å². The van der Waals surface area contributed by atoms with Crippen LogP contribution in [0.25, 0.3) is 0 Å². The second-order valence-corrected chi connectivity index (χ2v) is 13.7. The first-order chi connectivity index (χ1) is 9.95. The Morgan fingerprint density at radius 1 is 1.36 bits per heavy atom. The van der Waals surface area contributed by atoms with E-state index in [1.807, 2.05) is 0 Å². The zero-order chi connectivity index (χ0) is 17.1. The maximum Gasteiger partial charge on any atom is 0.250 e. The van der Waals surface area contributed by atoms with E-state index in [0.29, 0.717) is 5.92 Å². The Labute approximate surface area is 140 Å². The topological polar surface area (TPSA) is 9.23 Å². The standard InChI is InChI=1S/C20H38OSi/c1-15(2)11-10-12-16(3)18-13-14-19(17(18)4)21-22(8,9)20(5,6)7/h11,14,16-18H,10,12-13H2,1-9H3. The van der Waals surface area contributed by atoms with E-state index >= 15 is 0 Å². The molecule has 0 spiro atoms. The molecule has 0 aromatic rings. The first-order valence-corrected chi connectivity index (χ1v) is 11.9. The van der Waals surface area contributed by atoms with Crippen LogP contribution in [0.5, 0.6) is 0 Å². The summed E-state index contributed by atoms with van der Waals surface area (Å²) < 4.78 is 6.59. The van der Waals surface area contributed by atoms with Crippen molar-refractivity contribution in [3.8, 4) is 0 Å². The van der Waals surface area contributed by atoms with E-state index in [-0.39, 0.29) is 5.04 Å². The fourth-order valence-corrected chi connectivity index (χ4v) is 4.17. The Balaban J connectivity index is 2.61. The fourth-order valence-electron chi connectivity index (χ4n) is 3.01. The lowest BCUT2D eigenvalue weighted by molar-refractivity contribution is 0.241. The van der Waals surface area contributed by atoms with Gasteiger partial charge in [-0.25, -0.2) is 0 Å². The van der Waals surface area contributed by atoms with Crippen molar-refractivity contribution < 1.29 is 4.43 Å². The summed E-state index contributed by atoms with van der Waals surface area (Å²) in [5, 5.41) is 0.278. The van der Waals surface area contributed by atoms with Crippen molar-refractivity contribution in [3.05, 3.63) is 23.5 Å². The van der Waals surface area contributed by atoms with Crippen LogP contribution in [0.1, 0.15) is 67.7 Å². The lowest BCUT2D eigenvalue weighted by Gasteiger charge is -2.38. The molecule has 3 atom stereocenters. The Morgan fingerprint density at radius 3 is 2.45 bits per heavy atom. The Morgan fingerprint density at radius 2 is 1.95 bits per heavy atom. The van der Waals surface area contributed by atoms with Crippen molar-refractivity contribution in [1.29, 1.82) is 0 Å². The third kappa shape index (κ3) is 5.01. The Kier molecular flexibility index (Phi) is 6.55. The van der Waals surface area contributed by atoms with Gasteiger partial charge in [-0.05, 0) is 69.2 Å². The lowest BCUT2D eigenvalue weighted by Crippen LogP contribution is -2.41. The molecular formula is C20H38OSi. The molecule has 0 saturated heterocycles. The predicted octanol–water partition coefficient (Wildman–Crippen LogP) is 6.93. The third-order valence-electron chi connectivity index (χ3n) is 5.77. The molecule has 22 heavy (non-hydrogen) atoms. The van der Waals surface area contributed by atoms with Gasteiger partial charge in [-0.3, -0.25) is 0 Å². The van der Waals surface area contributed by atoms with E-state index in [4.69, 9.17) is 4.43 Å². The van der Waals surface area contributed by atoms with Gasteiger partial charge in [0.2, 0.25) is 8.32 Å². The normalized spacial score (nSPS) is 24.0. The van der Waals surface area contributed by atoms with Crippen molar-refractivity contribution in [1.82, 2.24) is 0 Å². The fraction of sp³-hybridized carbons (Fsp3) is 0.800. The van der Waals surface area contributed by atoms with Crippen LogP contribution in [0.4, 0.5) is 0 Å². The molecule has 0 aromatic heterocycles. The van der Waals surface area contributed by atoms with E-state index in [9.17, 15) is 0 Å². The first-order valence-electron chi connectivity index (χ1n) is 8.98. The van der Waals surface area contributed by atoms with Crippen LogP contribution < -0.4 is 0 Å². The molecule has 0 N–H and O–H groups in total. The summed E-state index contributed by atoms with van der Waals surface area (Å²) in [5.74, 6) is 3.38. The van der Waals surface area contributed by atoms with Crippen molar-refractivity contribution in [2.75, 3.05) is 0 Å². The van der Waals surface area contributed by atoms with E-state index in [0.717, 1.165) is 11.8 Å². The summed E-state index contributed by atoms with van der Waals surface area (Å²) in [6.45, 7) is 20.8. The molecule has 1 aliphatic carbocycles. The highest BCUT2D eigenvalue weighted by Gasteiger charge is 2.42. The molecule has 0 amide bonds. The van der Waals surface area contributed by atoms with Crippen molar-refractivity contribution in [2.45, 2.75) is 85.9 Å². The summed E-state index contributed by atoms with van der Waals surface area (Å²) in [4.78, 5) is 0. The minimum atomic E-state index is -1.69. The molecule has 0 radical (unpaired) electrons. The van der Waals surface area contributed by atoms with Gasteiger partial charge in [-0.15, -0.1) is 0 Å². The molecule has 0 heterocycles. The summed E-state index contributed by atoms with van der Waals surface area (Å²) in [6.07, 6.45) is 8.46. The quantitative estimate of drug-likeness (QED) is 0.380. The van der Waals surface area contributed by atoms with E-state index in [2.05, 4.69) is 73.7 Å². The molecule has 0 saturated carbocycles. The lowest BCUT2D eigenvalue weighted by atomic mass is 9.82. The molecule has 0 aromatic carbocycles. The van der Waals surface area contributed by atoms with E-state index in [1.54, 1.807) is 0 Å². The van der Waals surface area contributed by atoms with Gasteiger partial charge < -0.3 is 4.43 Å². The molecule has 0 bridgehead atoms. The number of hydrogen-bond donors (Lipinski definition) is 0. The first kappa shape index (κ1) is 19.5. The zero-order valence-corrected chi connectivity index (χ0v) is 17.4. The predicted molar refractivity (Wildman–Crippen MR) is 101 cm³/mol. The molecule has 1 rings (SSSR count). The molecule has 1 aliphatic rings. The second kappa shape index (κ2) is 7.38. The third-order valence-corrected chi connectivity index (χ3v) is 10.1. The minimum absolute atomic E-state index is 0.278. The Hall–Kier alpha value is -0.503. The van der Waals surface area contributed by atoms with Gasteiger partial charge in [0.15, 0.2) is 0 Å². The van der Waals surface area contributed by atoms with E-state index < -0.39 is 8.32 Å². The van der Waals surface area contributed by atoms with Crippen LogP contribution in [0.15, 0.2) is 23.5 Å². The maximum absolute atomic E-state index is 6.59. The number of rotatable bonds is 6. The minimum Gasteiger partial charge on any atom is -0.547 e. The molecule has 0 fully saturated rings. The molecule has 0 aliphatic heterocycles. The summed E-state index contributed by atoms with van der Waals surface area (Å²) >= 11 is 0. The highest BCUT2D eigenvalue weighted by molar-refractivity contribution is 6.74. The molecule has 128 valence electrons. The van der Waals surface area contributed by atoms with Gasteiger partial charge in [0, 0.05) is 5.92 Å². The SMILES string of the molecule is CC(C)=CCCC(C)C1CC=C(O[Si](C)(C)C(C)(C)C)C1C. The highest BCUT2D eigenvalue weighted by atomic mass is 28.4. The van der Waals surface area contributed by atoms with Gasteiger partial charge in [-0.2, -0.15) is 0 Å².